The van der Waals surface area contributed by atoms with Gasteiger partial charge >= 0.3 is 0 Å². The summed E-state index contributed by atoms with van der Waals surface area (Å²) < 4.78 is 34.0. The van der Waals surface area contributed by atoms with Crippen LogP contribution in [0.2, 0.25) is 20.1 Å². The molecule has 3 aromatic carbocycles. The van der Waals surface area contributed by atoms with Gasteiger partial charge in [-0.25, -0.2) is 0 Å². The van der Waals surface area contributed by atoms with Crippen LogP contribution < -0.4 is 0 Å². The van der Waals surface area contributed by atoms with Crippen molar-refractivity contribution in [2.45, 2.75) is 4.75 Å². The van der Waals surface area contributed by atoms with Crippen LogP contribution in [0.1, 0.15) is 16.7 Å². The molecule has 1 unspecified atom stereocenters. The summed E-state index contributed by atoms with van der Waals surface area (Å²) in [5, 5.41) is 19.9. The Morgan fingerprint density at radius 3 is 1.90 bits per heavy atom. The molecular weight excluding hydrogens is 482 g/mol. The Morgan fingerprint density at radius 2 is 1.34 bits per heavy atom. The fourth-order valence-corrected chi connectivity index (χ4v) is 5.67. The molecule has 0 aliphatic carbocycles. The van der Waals surface area contributed by atoms with Gasteiger partial charge in [-0.15, -0.1) is 0 Å². The van der Waals surface area contributed by atoms with Crippen molar-refractivity contribution in [3.63, 3.8) is 0 Å². The predicted octanol–water partition coefficient (Wildman–Crippen LogP) is 5.89. The van der Waals surface area contributed by atoms with E-state index in [0.717, 1.165) is 0 Å². The second-order valence-electron chi connectivity index (χ2n) is 6.08. The lowest BCUT2D eigenvalue weighted by Crippen LogP contribution is -2.39. The lowest BCUT2D eigenvalue weighted by atomic mass is 9.83. The molecule has 29 heavy (non-hydrogen) atoms. The van der Waals surface area contributed by atoms with Crippen LogP contribution in [0.25, 0.3) is 0 Å². The van der Waals surface area contributed by atoms with Gasteiger partial charge in [0.1, 0.15) is 11.5 Å². The number of rotatable bonds is 4. The van der Waals surface area contributed by atoms with Gasteiger partial charge in [0.15, 0.2) is 4.75 Å². The molecular formula is C19H12Cl4O5S. The van der Waals surface area contributed by atoms with Crippen molar-refractivity contribution in [3.05, 3.63) is 91.4 Å². The highest BCUT2D eigenvalue weighted by atomic mass is 35.5. The number of hydrogen-bond donors (Lipinski definition) is 3. The van der Waals surface area contributed by atoms with Crippen molar-refractivity contribution >= 4 is 56.5 Å². The first-order chi connectivity index (χ1) is 13.5. The van der Waals surface area contributed by atoms with Crippen LogP contribution in [0.15, 0.2) is 54.6 Å². The maximum atomic E-state index is 13.0. The van der Waals surface area contributed by atoms with Gasteiger partial charge in [-0.2, -0.15) is 8.42 Å². The van der Waals surface area contributed by atoms with Gasteiger partial charge in [0.05, 0.1) is 10.0 Å². The molecule has 0 fully saturated rings. The topological polar surface area (TPSA) is 94.8 Å². The van der Waals surface area contributed by atoms with Crippen LogP contribution in [0, 0.1) is 0 Å². The van der Waals surface area contributed by atoms with E-state index in [9.17, 15) is 23.2 Å². The van der Waals surface area contributed by atoms with Gasteiger partial charge in [0, 0.05) is 21.2 Å². The van der Waals surface area contributed by atoms with E-state index in [4.69, 9.17) is 46.4 Å². The first-order valence-electron chi connectivity index (χ1n) is 7.89. The summed E-state index contributed by atoms with van der Waals surface area (Å²) in [6, 6.07) is 11.3. The molecule has 3 aromatic rings. The van der Waals surface area contributed by atoms with Crippen molar-refractivity contribution in [1.82, 2.24) is 0 Å². The predicted molar refractivity (Wildman–Crippen MR) is 114 cm³/mol. The zero-order valence-corrected chi connectivity index (χ0v) is 18.1. The lowest BCUT2D eigenvalue weighted by molar-refractivity contribution is 0.440. The fraction of sp³-hybridized carbons (Fsp3) is 0.0526. The van der Waals surface area contributed by atoms with Gasteiger partial charge in [-0.1, -0.05) is 64.6 Å². The van der Waals surface area contributed by atoms with Crippen LogP contribution in [0.5, 0.6) is 11.5 Å². The number of aromatic hydroxyl groups is 2. The van der Waals surface area contributed by atoms with Gasteiger partial charge in [0.25, 0.3) is 10.1 Å². The van der Waals surface area contributed by atoms with Crippen molar-refractivity contribution in [1.29, 1.82) is 0 Å². The third-order valence-electron chi connectivity index (χ3n) is 4.39. The summed E-state index contributed by atoms with van der Waals surface area (Å²) in [4.78, 5) is 0. The van der Waals surface area contributed by atoms with Crippen molar-refractivity contribution < 1.29 is 23.2 Å². The maximum absolute atomic E-state index is 13.0. The average molecular weight is 494 g/mol. The van der Waals surface area contributed by atoms with Crippen molar-refractivity contribution in [3.8, 4) is 11.5 Å². The van der Waals surface area contributed by atoms with Gasteiger partial charge < -0.3 is 10.2 Å². The van der Waals surface area contributed by atoms with E-state index < -0.39 is 20.6 Å². The van der Waals surface area contributed by atoms with Crippen molar-refractivity contribution in [2.75, 3.05) is 0 Å². The monoisotopic (exact) mass is 492 g/mol. The summed E-state index contributed by atoms with van der Waals surface area (Å²) >= 11 is 24.7. The molecule has 0 spiro atoms. The van der Waals surface area contributed by atoms with Crippen LogP contribution >= 0.6 is 46.4 Å². The van der Waals surface area contributed by atoms with Gasteiger partial charge in [0.2, 0.25) is 0 Å². The average Bonchev–Trinajstić information content (AvgIpc) is 2.62. The Labute approximate surface area is 186 Å². The maximum Gasteiger partial charge on any atom is 0.283 e. The second kappa shape index (κ2) is 7.87. The van der Waals surface area contributed by atoms with E-state index >= 15 is 0 Å². The lowest BCUT2D eigenvalue weighted by Gasteiger charge is -2.34. The number of halogens is 4. The minimum atomic E-state index is -5.11. The minimum Gasteiger partial charge on any atom is -0.508 e. The first-order valence-corrected chi connectivity index (χ1v) is 10.8. The van der Waals surface area contributed by atoms with E-state index in [1.165, 1.54) is 54.6 Å². The molecule has 0 aromatic heterocycles. The van der Waals surface area contributed by atoms with E-state index in [2.05, 4.69) is 0 Å². The Balaban J connectivity index is 2.63. The number of benzene rings is 3. The zero-order chi connectivity index (χ0) is 21.6. The molecule has 0 amide bonds. The molecule has 1 atom stereocenters. The Hall–Kier alpha value is -1.67. The Morgan fingerprint density at radius 1 is 0.759 bits per heavy atom. The summed E-state index contributed by atoms with van der Waals surface area (Å²) in [6.45, 7) is 0. The van der Waals surface area contributed by atoms with E-state index in [1.54, 1.807) is 0 Å². The highest BCUT2D eigenvalue weighted by molar-refractivity contribution is 7.87. The summed E-state index contributed by atoms with van der Waals surface area (Å²) in [6.07, 6.45) is 0. The number of phenols is 2. The minimum absolute atomic E-state index is 0.0376. The molecule has 0 heterocycles. The molecule has 0 aliphatic rings. The molecule has 0 bridgehead atoms. The molecule has 5 nitrogen and oxygen atoms in total. The van der Waals surface area contributed by atoms with Crippen LogP contribution in [-0.2, 0) is 14.9 Å². The molecule has 3 rings (SSSR count). The highest BCUT2D eigenvalue weighted by Crippen LogP contribution is 2.52. The summed E-state index contributed by atoms with van der Waals surface area (Å²) in [7, 11) is -5.11. The fourth-order valence-electron chi connectivity index (χ4n) is 3.20. The van der Waals surface area contributed by atoms with Crippen LogP contribution in [0.3, 0.4) is 0 Å². The standard InChI is InChI=1S/C19H12Cl4O5S/c20-13-2-1-3-17(25)18(13)19(29(26,27)28,10-4-6-11(24)7-5-10)12-8-15(22)16(23)9-14(12)21/h1-9,24-25H,(H,26,27,28). The smallest absolute Gasteiger partial charge is 0.283 e. The van der Waals surface area contributed by atoms with Gasteiger partial charge in [-0.3, -0.25) is 4.55 Å². The van der Waals surface area contributed by atoms with Crippen LogP contribution in [0.4, 0.5) is 0 Å². The van der Waals surface area contributed by atoms with E-state index in [1.807, 2.05) is 0 Å². The summed E-state index contributed by atoms with van der Waals surface area (Å²) in [5.41, 5.74) is -0.582. The third-order valence-corrected chi connectivity index (χ3v) is 7.18. The highest BCUT2D eigenvalue weighted by Gasteiger charge is 2.52. The van der Waals surface area contributed by atoms with E-state index in [0.29, 0.717) is 0 Å². The molecule has 3 N–H and O–H groups in total. The largest absolute Gasteiger partial charge is 0.508 e. The molecule has 10 heteroatoms. The Kier molecular flexibility index (Phi) is 5.98. The number of hydrogen-bond acceptors (Lipinski definition) is 4. The third kappa shape index (κ3) is 3.65. The number of phenolic OH excluding ortho intramolecular Hbond substituents is 2. The second-order valence-corrected chi connectivity index (χ2v) is 9.27. The molecule has 0 radical (unpaired) electrons. The Bertz CT molecular complexity index is 1180. The first kappa shape index (κ1) is 22.0. The quantitative estimate of drug-likeness (QED) is 0.239. The SMILES string of the molecule is O=S(=O)(O)C(c1ccc(O)cc1)(c1cc(Cl)c(Cl)cc1Cl)c1c(O)cccc1Cl. The molecule has 0 aliphatic heterocycles. The van der Waals surface area contributed by atoms with Gasteiger partial charge in [-0.05, 0) is 42.0 Å². The van der Waals surface area contributed by atoms with Crippen LogP contribution in [-0.4, -0.2) is 23.2 Å². The molecule has 152 valence electrons. The molecule has 0 saturated carbocycles. The molecule has 0 saturated heterocycles. The van der Waals surface area contributed by atoms with E-state index in [-0.39, 0.29) is 42.5 Å². The summed E-state index contributed by atoms with van der Waals surface area (Å²) in [5.74, 6) is -0.660. The normalized spacial score (nSPS) is 13.8. The van der Waals surface area contributed by atoms with Crippen molar-refractivity contribution in [2.24, 2.45) is 0 Å². The zero-order valence-electron chi connectivity index (χ0n) is 14.3.